The lowest BCUT2D eigenvalue weighted by Gasteiger charge is -2.24. The van der Waals surface area contributed by atoms with Crippen LogP contribution in [0.25, 0.3) is 0 Å². The van der Waals surface area contributed by atoms with Crippen LogP contribution in [0, 0.1) is 0 Å². The maximum absolute atomic E-state index is 5.14. The molecule has 0 heterocycles. The summed E-state index contributed by atoms with van der Waals surface area (Å²) in [6.07, 6.45) is 6.60. The first-order valence-corrected chi connectivity index (χ1v) is 6.02. The number of thiol groups is 1. The second-order valence-electron chi connectivity index (χ2n) is 3.46. The topological polar surface area (TPSA) is 24.1 Å². The molecule has 1 saturated carbocycles. The minimum atomic E-state index is 0.605. The predicted octanol–water partition coefficient (Wildman–Crippen LogP) is 1.71. The van der Waals surface area contributed by atoms with Crippen LogP contribution in [0.2, 0.25) is 0 Å². The Morgan fingerprint density at radius 2 is 2.00 bits per heavy atom. The van der Waals surface area contributed by atoms with Gasteiger partial charge < -0.3 is 10.6 Å². The van der Waals surface area contributed by atoms with Gasteiger partial charge in [0.15, 0.2) is 5.11 Å². The fourth-order valence-electron chi connectivity index (χ4n) is 1.65. The molecule has 0 amide bonds. The highest BCUT2D eigenvalue weighted by molar-refractivity contribution is 7.80. The predicted molar refractivity (Wildman–Crippen MR) is 64.5 cm³/mol. The zero-order valence-electron chi connectivity index (χ0n) is 7.88. The van der Waals surface area contributed by atoms with Gasteiger partial charge in [-0.3, -0.25) is 0 Å². The summed E-state index contributed by atoms with van der Waals surface area (Å²) in [7, 11) is 0. The fourth-order valence-corrected chi connectivity index (χ4v) is 2.03. The molecule has 0 aliphatic heterocycles. The van der Waals surface area contributed by atoms with E-state index in [1.54, 1.807) is 0 Å². The average Bonchev–Trinajstić information content (AvgIpc) is 2.16. The molecule has 0 bridgehead atoms. The number of rotatable bonds is 3. The first kappa shape index (κ1) is 11.1. The van der Waals surface area contributed by atoms with Crippen LogP contribution >= 0.6 is 24.8 Å². The van der Waals surface area contributed by atoms with Crippen molar-refractivity contribution in [2.45, 2.75) is 38.1 Å². The summed E-state index contributed by atoms with van der Waals surface area (Å²) in [5.74, 6) is 0.826. The van der Waals surface area contributed by atoms with Crippen molar-refractivity contribution in [3.63, 3.8) is 0 Å². The Labute approximate surface area is 91.3 Å². The summed E-state index contributed by atoms with van der Waals surface area (Å²) in [6.45, 7) is 0.849. The molecule has 0 radical (unpaired) electrons. The van der Waals surface area contributed by atoms with Gasteiger partial charge in [-0.15, -0.1) is 0 Å². The van der Waals surface area contributed by atoms with Crippen molar-refractivity contribution >= 4 is 30.0 Å². The van der Waals surface area contributed by atoms with Crippen LogP contribution in [-0.4, -0.2) is 23.5 Å². The van der Waals surface area contributed by atoms with E-state index in [4.69, 9.17) is 12.2 Å². The SMILES string of the molecule is S=C(NCCS)NC1CCCCC1. The van der Waals surface area contributed by atoms with E-state index in [9.17, 15) is 0 Å². The Morgan fingerprint density at radius 3 is 2.62 bits per heavy atom. The van der Waals surface area contributed by atoms with Gasteiger partial charge in [0.05, 0.1) is 0 Å². The average molecular weight is 218 g/mol. The Hall–Kier alpha value is 0.0400. The highest BCUT2D eigenvalue weighted by atomic mass is 32.1. The normalized spacial score (nSPS) is 18.2. The van der Waals surface area contributed by atoms with Crippen LogP contribution in [-0.2, 0) is 0 Å². The van der Waals surface area contributed by atoms with Gasteiger partial charge in [0, 0.05) is 18.3 Å². The maximum Gasteiger partial charge on any atom is 0.166 e. The fraction of sp³-hybridized carbons (Fsp3) is 0.889. The highest BCUT2D eigenvalue weighted by Gasteiger charge is 2.13. The lowest BCUT2D eigenvalue weighted by Crippen LogP contribution is -2.43. The third-order valence-electron chi connectivity index (χ3n) is 2.34. The summed E-state index contributed by atoms with van der Waals surface area (Å²) < 4.78 is 0. The summed E-state index contributed by atoms with van der Waals surface area (Å²) in [4.78, 5) is 0. The molecule has 0 spiro atoms. The van der Waals surface area contributed by atoms with E-state index in [0.29, 0.717) is 6.04 Å². The Balaban J connectivity index is 2.11. The molecule has 2 N–H and O–H groups in total. The van der Waals surface area contributed by atoms with Crippen LogP contribution < -0.4 is 10.6 Å². The van der Waals surface area contributed by atoms with Gasteiger partial charge in [0.1, 0.15) is 0 Å². The Kier molecular flexibility index (Phi) is 5.55. The smallest absolute Gasteiger partial charge is 0.166 e. The molecule has 1 aliphatic rings. The number of hydrogen-bond donors (Lipinski definition) is 3. The van der Waals surface area contributed by atoms with E-state index in [2.05, 4.69) is 23.3 Å². The van der Waals surface area contributed by atoms with E-state index in [1.165, 1.54) is 32.1 Å². The molecule has 0 aromatic rings. The molecule has 76 valence electrons. The van der Waals surface area contributed by atoms with E-state index in [-0.39, 0.29) is 0 Å². The highest BCUT2D eigenvalue weighted by Crippen LogP contribution is 2.16. The van der Waals surface area contributed by atoms with Gasteiger partial charge in [-0.25, -0.2) is 0 Å². The van der Waals surface area contributed by atoms with Gasteiger partial charge in [-0.2, -0.15) is 12.6 Å². The zero-order chi connectivity index (χ0) is 9.52. The quantitative estimate of drug-likeness (QED) is 0.497. The van der Waals surface area contributed by atoms with Crippen molar-refractivity contribution in [1.82, 2.24) is 10.6 Å². The van der Waals surface area contributed by atoms with E-state index >= 15 is 0 Å². The van der Waals surface area contributed by atoms with Gasteiger partial charge in [-0.1, -0.05) is 19.3 Å². The molecule has 0 unspecified atom stereocenters. The summed E-state index contributed by atoms with van der Waals surface area (Å²) >= 11 is 9.26. The van der Waals surface area contributed by atoms with Gasteiger partial charge >= 0.3 is 0 Å². The Bertz CT molecular complexity index is 156. The second-order valence-corrected chi connectivity index (χ2v) is 4.31. The molecule has 4 heteroatoms. The monoisotopic (exact) mass is 218 g/mol. The maximum atomic E-state index is 5.14. The molecule has 0 aromatic heterocycles. The molecule has 1 fully saturated rings. The van der Waals surface area contributed by atoms with Crippen LogP contribution in [0.15, 0.2) is 0 Å². The molecule has 0 saturated heterocycles. The number of thiocarbonyl (C=S) groups is 1. The molecule has 1 rings (SSSR count). The van der Waals surface area contributed by atoms with Crippen molar-refractivity contribution in [3.8, 4) is 0 Å². The molecular formula is C9H18N2S2. The van der Waals surface area contributed by atoms with Crippen molar-refractivity contribution in [1.29, 1.82) is 0 Å². The molecular weight excluding hydrogens is 200 g/mol. The minimum absolute atomic E-state index is 0.605. The van der Waals surface area contributed by atoms with E-state index < -0.39 is 0 Å². The number of nitrogens with one attached hydrogen (secondary N) is 2. The minimum Gasteiger partial charge on any atom is -0.362 e. The van der Waals surface area contributed by atoms with E-state index in [1.807, 2.05) is 0 Å². The summed E-state index contributed by atoms with van der Waals surface area (Å²) in [6, 6.07) is 0.605. The second kappa shape index (κ2) is 6.49. The van der Waals surface area contributed by atoms with Crippen molar-refractivity contribution < 1.29 is 0 Å². The molecule has 1 aliphatic carbocycles. The zero-order valence-corrected chi connectivity index (χ0v) is 9.59. The first-order valence-electron chi connectivity index (χ1n) is 4.98. The Morgan fingerprint density at radius 1 is 1.31 bits per heavy atom. The molecule has 13 heavy (non-hydrogen) atoms. The molecule has 2 nitrogen and oxygen atoms in total. The van der Waals surface area contributed by atoms with Crippen molar-refractivity contribution in [2.75, 3.05) is 12.3 Å². The standard InChI is InChI=1S/C9H18N2S2/c12-7-6-10-9(13)11-8-4-2-1-3-5-8/h8,12H,1-7H2,(H2,10,11,13). The van der Waals surface area contributed by atoms with Crippen molar-refractivity contribution in [2.24, 2.45) is 0 Å². The van der Waals surface area contributed by atoms with Gasteiger partial charge in [0.25, 0.3) is 0 Å². The lowest BCUT2D eigenvalue weighted by molar-refractivity contribution is 0.412. The summed E-state index contributed by atoms with van der Waals surface area (Å²) in [5.41, 5.74) is 0. The van der Waals surface area contributed by atoms with Gasteiger partial charge in [-0.05, 0) is 25.1 Å². The number of hydrogen-bond acceptors (Lipinski definition) is 2. The van der Waals surface area contributed by atoms with Crippen molar-refractivity contribution in [3.05, 3.63) is 0 Å². The molecule has 0 aromatic carbocycles. The third kappa shape index (κ3) is 4.72. The van der Waals surface area contributed by atoms with Gasteiger partial charge in [0.2, 0.25) is 0 Å². The molecule has 0 atom stereocenters. The van der Waals surface area contributed by atoms with E-state index in [0.717, 1.165) is 17.4 Å². The van der Waals surface area contributed by atoms with Crippen LogP contribution in [0.1, 0.15) is 32.1 Å². The van der Waals surface area contributed by atoms with Crippen LogP contribution in [0.3, 0.4) is 0 Å². The largest absolute Gasteiger partial charge is 0.362 e. The third-order valence-corrected chi connectivity index (χ3v) is 2.82. The summed E-state index contributed by atoms with van der Waals surface area (Å²) in [5, 5.41) is 7.26. The first-order chi connectivity index (χ1) is 6.33. The lowest BCUT2D eigenvalue weighted by atomic mass is 9.96. The van der Waals surface area contributed by atoms with Crippen LogP contribution in [0.5, 0.6) is 0 Å². The van der Waals surface area contributed by atoms with Crippen LogP contribution in [0.4, 0.5) is 0 Å².